The highest BCUT2D eigenvalue weighted by molar-refractivity contribution is 5.81. The van der Waals surface area contributed by atoms with Crippen molar-refractivity contribution in [2.45, 2.75) is 6.42 Å². The molecule has 1 heterocycles. The van der Waals surface area contributed by atoms with Crippen molar-refractivity contribution in [2.75, 3.05) is 6.54 Å². The molecular weight excluding hydrogens is 194 g/mol. The Morgan fingerprint density at radius 3 is 2.80 bits per heavy atom. The zero-order chi connectivity index (χ0) is 10.8. The minimum atomic E-state index is -0.452. The molecule has 77 valence electrons. The normalized spacial score (nSPS) is 10.7. The van der Waals surface area contributed by atoms with Crippen LogP contribution in [-0.2, 0) is 11.5 Å². The van der Waals surface area contributed by atoms with Crippen LogP contribution < -0.4 is 11.4 Å². The largest absolute Gasteiger partial charge is 0.423 e. The molecule has 0 aliphatic heterocycles. The second-order valence-electron chi connectivity index (χ2n) is 3.29. The number of nitrogens with two attached hydrogens (primary N) is 1. The smallest absolute Gasteiger partial charge is 0.336 e. The van der Waals surface area contributed by atoms with Crippen LogP contribution in [0.5, 0.6) is 5.75 Å². The summed E-state index contributed by atoms with van der Waals surface area (Å²) < 4.78 is 4.93. The van der Waals surface area contributed by atoms with Crippen molar-refractivity contribution in [1.29, 1.82) is 0 Å². The molecule has 0 saturated heterocycles. The molecule has 0 atom stereocenters. The summed E-state index contributed by atoms with van der Waals surface area (Å²) in [4.78, 5) is 11.0. The van der Waals surface area contributed by atoms with Gasteiger partial charge in [-0.05, 0) is 30.7 Å². The first-order chi connectivity index (χ1) is 7.20. The van der Waals surface area contributed by atoms with Gasteiger partial charge in [0.2, 0.25) is 0 Å². The lowest BCUT2D eigenvalue weighted by Crippen LogP contribution is -2.04. The molecule has 0 bridgehead atoms. The molecule has 2 N–H and O–H groups in total. The zero-order valence-electron chi connectivity index (χ0n) is 8.03. The molecule has 2 aromatic rings. The van der Waals surface area contributed by atoms with Crippen molar-refractivity contribution < 1.29 is 9.52 Å². The Bertz CT molecular complexity index is 545. The van der Waals surface area contributed by atoms with Gasteiger partial charge in [0, 0.05) is 17.5 Å². The molecule has 0 saturated carbocycles. The van der Waals surface area contributed by atoms with E-state index in [0.717, 1.165) is 10.9 Å². The summed E-state index contributed by atoms with van der Waals surface area (Å²) in [6.07, 6.45) is 0.598. The van der Waals surface area contributed by atoms with Gasteiger partial charge in [0.25, 0.3) is 0 Å². The van der Waals surface area contributed by atoms with Gasteiger partial charge in [0.05, 0.1) is 0 Å². The van der Waals surface area contributed by atoms with Crippen molar-refractivity contribution in [1.82, 2.24) is 0 Å². The van der Waals surface area contributed by atoms with E-state index in [1.165, 1.54) is 18.2 Å². The van der Waals surface area contributed by atoms with Crippen molar-refractivity contribution in [3.63, 3.8) is 0 Å². The van der Waals surface area contributed by atoms with Crippen molar-refractivity contribution in [3.8, 4) is 5.75 Å². The first kappa shape index (κ1) is 9.73. The van der Waals surface area contributed by atoms with Crippen LogP contribution in [0.2, 0.25) is 0 Å². The Labute approximate surface area is 85.9 Å². The monoisotopic (exact) mass is 204 g/mol. The van der Waals surface area contributed by atoms with E-state index in [1.54, 1.807) is 6.07 Å². The maximum Gasteiger partial charge on any atom is 0.336 e. The van der Waals surface area contributed by atoms with Gasteiger partial charge in [-0.25, -0.2) is 4.79 Å². The molecule has 0 unspecified atom stereocenters. The van der Waals surface area contributed by atoms with E-state index >= 15 is 0 Å². The minimum Gasteiger partial charge on any atom is -0.423 e. The highest BCUT2D eigenvalue weighted by Gasteiger charge is 2.06. The summed E-state index contributed by atoms with van der Waals surface area (Å²) in [7, 11) is 0. The fourth-order valence-corrected chi connectivity index (χ4v) is 1.59. The predicted molar refractivity (Wildman–Crippen MR) is 55.4 cm³/mol. The summed E-state index contributed by atoms with van der Waals surface area (Å²) in [5, 5.41) is 12.1. The maximum atomic E-state index is 11.3. The summed E-state index contributed by atoms with van der Waals surface area (Å²) in [6.45, 7) is 0.456. The molecule has 4 heteroatoms. The molecule has 1 aromatic heterocycles. The molecule has 0 fully saturated rings. The molecule has 15 heavy (non-hydrogen) atoms. The zero-order valence-corrected chi connectivity index (χ0v) is 8.03. The van der Waals surface area contributed by atoms with Gasteiger partial charge in [0.15, 0.2) is 5.75 Å². The van der Waals surface area contributed by atoms with Crippen LogP contribution in [0.3, 0.4) is 0 Å². The average molecular weight is 204 g/mol. The Kier molecular flexibility index (Phi) is 2.43. The molecule has 0 amide bonds. The SMILES string of the molecule is NCCc1cc([O])cc2oc(=O)ccc12. The predicted octanol–water partition coefficient (Wildman–Crippen LogP) is 1.44. The van der Waals surface area contributed by atoms with Crippen LogP contribution in [0.1, 0.15) is 5.56 Å². The van der Waals surface area contributed by atoms with Gasteiger partial charge >= 0.3 is 5.63 Å². The molecule has 1 radical (unpaired) electrons. The first-order valence-corrected chi connectivity index (χ1v) is 4.64. The van der Waals surface area contributed by atoms with Gasteiger partial charge < -0.3 is 10.2 Å². The summed E-state index contributed by atoms with van der Waals surface area (Å²) in [5.74, 6) is -0.166. The maximum absolute atomic E-state index is 11.3. The number of benzene rings is 1. The van der Waals surface area contributed by atoms with E-state index in [4.69, 9.17) is 10.2 Å². The second-order valence-corrected chi connectivity index (χ2v) is 3.29. The summed E-state index contributed by atoms with van der Waals surface area (Å²) in [6, 6.07) is 5.84. The third-order valence-electron chi connectivity index (χ3n) is 2.21. The van der Waals surface area contributed by atoms with Gasteiger partial charge in [-0.15, -0.1) is 0 Å². The average Bonchev–Trinajstić information content (AvgIpc) is 2.17. The molecular formula is C11H10NO3. The molecule has 2 rings (SSSR count). The van der Waals surface area contributed by atoms with Crippen LogP contribution in [0.4, 0.5) is 0 Å². The Hall–Kier alpha value is -1.81. The minimum absolute atomic E-state index is 0.166. The van der Waals surface area contributed by atoms with E-state index < -0.39 is 5.63 Å². The van der Waals surface area contributed by atoms with E-state index in [1.807, 2.05) is 0 Å². The molecule has 0 aliphatic rings. The van der Waals surface area contributed by atoms with Gasteiger partial charge in [0.1, 0.15) is 5.58 Å². The first-order valence-electron chi connectivity index (χ1n) is 4.64. The van der Waals surface area contributed by atoms with Crippen molar-refractivity contribution in [3.05, 3.63) is 40.2 Å². The summed E-state index contributed by atoms with van der Waals surface area (Å²) >= 11 is 0. The Morgan fingerprint density at radius 2 is 2.07 bits per heavy atom. The van der Waals surface area contributed by atoms with Gasteiger partial charge in [-0.1, -0.05) is 0 Å². The van der Waals surface area contributed by atoms with Crippen molar-refractivity contribution >= 4 is 11.0 Å². The van der Waals surface area contributed by atoms with Crippen molar-refractivity contribution in [2.24, 2.45) is 5.73 Å². The molecule has 1 aromatic carbocycles. The lowest BCUT2D eigenvalue weighted by Gasteiger charge is -2.03. The van der Waals surface area contributed by atoms with Crippen LogP contribution in [0, 0.1) is 0 Å². The Morgan fingerprint density at radius 1 is 1.27 bits per heavy atom. The quantitative estimate of drug-likeness (QED) is 0.752. The highest BCUT2D eigenvalue weighted by Crippen LogP contribution is 2.24. The molecule has 0 spiro atoms. The van der Waals surface area contributed by atoms with E-state index in [-0.39, 0.29) is 5.75 Å². The summed E-state index contributed by atoms with van der Waals surface area (Å²) in [5.41, 5.74) is 6.14. The molecule has 0 aliphatic carbocycles. The third-order valence-corrected chi connectivity index (χ3v) is 2.21. The topological polar surface area (TPSA) is 76.1 Å². The number of hydrogen-bond acceptors (Lipinski definition) is 3. The number of rotatable bonds is 2. The van der Waals surface area contributed by atoms with Crippen LogP contribution in [0.25, 0.3) is 11.0 Å². The van der Waals surface area contributed by atoms with E-state index in [0.29, 0.717) is 18.5 Å². The highest BCUT2D eigenvalue weighted by atomic mass is 16.4. The van der Waals surface area contributed by atoms with Crippen LogP contribution in [-0.4, -0.2) is 6.54 Å². The number of fused-ring (bicyclic) bond motifs is 1. The standard InChI is InChI=1S/C11H10NO3/c12-4-3-7-5-8(13)6-10-9(7)1-2-11(14)15-10/h1-2,5-6H,3-4,12H2. The van der Waals surface area contributed by atoms with E-state index in [9.17, 15) is 9.90 Å². The van der Waals surface area contributed by atoms with Gasteiger partial charge in [-0.3, -0.25) is 5.11 Å². The fraction of sp³-hybridized carbons (Fsp3) is 0.182. The van der Waals surface area contributed by atoms with Crippen LogP contribution >= 0.6 is 0 Å². The third kappa shape index (κ3) is 1.85. The van der Waals surface area contributed by atoms with E-state index in [2.05, 4.69) is 0 Å². The fourth-order valence-electron chi connectivity index (χ4n) is 1.59. The van der Waals surface area contributed by atoms with Gasteiger partial charge in [-0.2, -0.15) is 0 Å². The lowest BCUT2D eigenvalue weighted by molar-refractivity contribution is 0.354. The Balaban J connectivity index is 2.74. The van der Waals surface area contributed by atoms with Crippen LogP contribution in [0.15, 0.2) is 33.5 Å². The lowest BCUT2D eigenvalue weighted by atomic mass is 10.1. The number of hydrogen-bond donors (Lipinski definition) is 1. The molecule has 4 nitrogen and oxygen atoms in total. The second kappa shape index (κ2) is 3.74.